The van der Waals surface area contributed by atoms with E-state index in [4.69, 9.17) is 16.3 Å². The van der Waals surface area contributed by atoms with Crippen LogP contribution in [-0.4, -0.2) is 15.0 Å². The van der Waals surface area contributed by atoms with Crippen molar-refractivity contribution < 1.29 is 13.2 Å². The van der Waals surface area contributed by atoms with Crippen LogP contribution >= 0.6 is 11.6 Å². The average molecular weight is 382 g/mol. The summed E-state index contributed by atoms with van der Waals surface area (Å²) in [5, 5.41) is 0.346. The predicted octanol–water partition coefficient (Wildman–Crippen LogP) is 4.70. The van der Waals surface area contributed by atoms with Crippen molar-refractivity contribution >= 4 is 21.6 Å². The van der Waals surface area contributed by atoms with E-state index in [1.54, 1.807) is 19.1 Å². The zero-order valence-electron chi connectivity index (χ0n) is 15.2. The largest absolute Gasteiger partial charge is 0.492 e. The maximum Gasteiger partial charge on any atom is 0.244 e. The topological polar surface area (TPSA) is 55.4 Å². The Morgan fingerprint density at radius 2 is 1.72 bits per heavy atom. The predicted molar refractivity (Wildman–Crippen MR) is 102 cm³/mol. The Morgan fingerprint density at radius 1 is 1.08 bits per heavy atom. The minimum Gasteiger partial charge on any atom is -0.492 e. The number of halogens is 1. The smallest absolute Gasteiger partial charge is 0.244 e. The summed E-state index contributed by atoms with van der Waals surface area (Å²) in [4.78, 5) is 0.0511. The Balaban J connectivity index is 2.39. The molecule has 0 aliphatic heterocycles. The van der Waals surface area contributed by atoms with E-state index in [1.165, 1.54) is 11.6 Å². The summed E-state index contributed by atoms with van der Waals surface area (Å²) in [6.45, 7) is 10.1. The maximum atomic E-state index is 12.9. The molecule has 1 atom stereocenters. The van der Waals surface area contributed by atoms with Gasteiger partial charge in [0, 0.05) is 11.1 Å². The fourth-order valence-corrected chi connectivity index (χ4v) is 4.41. The molecule has 0 heterocycles. The molecule has 0 aliphatic carbocycles. The lowest BCUT2D eigenvalue weighted by Crippen LogP contribution is -2.28. The van der Waals surface area contributed by atoms with E-state index in [2.05, 4.69) is 10.8 Å². The van der Waals surface area contributed by atoms with Crippen molar-refractivity contribution in [3.8, 4) is 5.75 Å². The lowest BCUT2D eigenvalue weighted by molar-refractivity contribution is 0.331. The minimum absolute atomic E-state index is 0.0511. The molecule has 4 nitrogen and oxygen atoms in total. The second kappa shape index (κ2) is 7.77. The first-order chi connectivity index (χ1) is 11.7. The quantitative estimate of drug-likeness (QED) is 0.788. The Kier molecular flexibility index (Phi) is 6.14. The Labute approximate surface area is 155 Å². The van der Waals surface area contributed by atoms with Gasteiger partial charge < -0.3 is 4.74 Å². The van der Waals surface area contributed by atoms with Gasteiger partial charge in [0.15, 0.2) is 0 Å². The summed E-state index contributed by atoms with van der Waals surface area (Å²) in [7, 11) is -3.78. The highest BCUT2D eigenvalue weighted by atomic mass is 35.5. The standard InChI is InChI=1S/C19H24ClNO3S/c1-6-24-18-8-7-16(20)11-19(18)25(22,23)21-15(5)17-10-13(3)12(2)9-14(17)4/h7-11,15,21H,6H2,1-5H3/t15-/m1/s1. The third-order valence-electron chi connectivity index (χ3n) is 4.18. The normalized spacial score (nSPS) is 12.9. The van der Waals surface area contributed by atoms with Gasteiger partial charge in [-0.25, -0.2) is 13.1 Å². The number of ether oxygens (including phenoxy) is 1. The van der Waals surface area contributed by atoms with E-state index < -0.39 is 10.0 Å². The molecule has 1 N–H and O–H groups in total. The summed E-state index contributed by atoms with van der Waals surface area (Å²) < 4.78 is 33.9. The van der Waals surface area contributed by atoms with E-state index in [9.17, 15) is 8.42 Å². The molecule has 2 rings (SSSR count). The van der Waals surface area contributed by atoms with Gasteiger partial charge in [0.1, 0.15) is 10.6 Å². The summed E-state index contributed by atoms with van der Waals surface area (Å²) in [6.07, 6.45) is 0. The molecule has 0 saturated heterocycles. The van der Waals surface area contributed by atoms with Crippen LogP contribution in [0.2, 0.25) is 5.02 Å². The van der Waals surface area contributed by atoms with Gasteiger partial charge in [-0.15, -0.1) is 0 Å². The van der Waals surface area contributed by atoms with Crippen molar-refractivity contribution in [2.24, 2.45) is 0 Å². The highest BCUT2D eigenvalue weighted by Gasteiger charge is 2.24. The van der Waals surface area contributed by atoms with Crippen LogP contribution in [0.5, 0.6) is 5.75 Å². The number of nitrogens with one attached hydrogen (secondary N) is 1. The molecule has 0 radical (unpaired) electrons. The number of hydrogen-bond acceptors (Lipinski definition) is 3. The molecule has 0 spiro atoms. The Hall–Kier alpha value is -1.56. The van der Waals surface area contributed by atoms with Crippen LogP contribution in [-0.2, 0) is 10.0 Å². The average Bonchev–Trinajstić information content (AvgIpc) is 2.52. The van der Waals surface area contributed by atoms with Crippen LogP contribution in [0.1, 0.15) is 42.1 Å². The van der Waals surface area contributed by atoms with Gasteiger partial charge in [-0.05, 0) is 75.1 Å². The van der Waals surface area contributed by atoms with Crippen molar-refractivity contribution in [1.82, 2.24) is 4.72 Å². The molecule has 0 aromatic heterocycles. The first-order valence-corrected chi connectivity index (χ1v) is 10.0. The van der Waals surface area contributed by atoms with Crippen LogP contribution in [0.15, 0.2) is 35.2 Å². The van der Waals surface area contributed by atoms with Crippen molar-refractivity contribution in [1.29, 1.82) is 0 Å². The molecule has 2 aromatic carbocycles. The number of rotatable bonds is 6. The van der Waals surface area contributed by atoms with Gasteiger partial charge in [0.2, 0.25) is 10.0 Å². The second-order valence-corrected chi connectivity index (χ2v) is 8.28. The third-order valence-corrected chi connectivity index (χ3v) is 5.97. The van der Waals surface area contributed by atoms with Crippen LogP contribution in [0.25, 0.3) is 0 Å². The van der Waals surface area contributed by atoms with Crippen molar-refractivity contribution in [2.45, 2.75) is 45.6 Å². The molecule has 0 bridgehead atoms. The van der Waals surface area contributed by atoms with E-state index in [1.807, 2.05) is 33.8 Å². The fraction of sp³-hybridized carbons (Fsp3) is 0.368. The van der Waals surface area contributed by atoms with Gasteiger partial charge in [-0.2, -0.15) is 0 Å². The minimum atomic E-state index is -3.78. The zero-order valence-corrected chi connectivity index (χ0v) is 16.8. The second-order valence-electron chi connectivity index (χ2n) is 6.16. The molecule has 0 saturated carbocycles. The molecule has 0 amide bonds. The molecular weight excluding hydrogens is 358 g/mol. The van der Waals surface area contributed by atoms with Gasteiger partial charge in [0.05, 0.1) is 6.61 Å². The van der Waals surface area contributed by atoms with E-state index in [0.29, 0.717) is 17.4 Å². The van der Waals surface area contributed by atoms with Gasteiger partial charge in [0.25, 0.3) is 0 Å². The van der Waals surface area contributed by atoms with Gasteiger partial charge in [-0.3, -0.25) is 0 Å². The fourth-order valence-electron chi connectivity index (χ4n) is 2.78. The number of aryl methyl sites for hydroxylation is 3. The summed E-state index contributed by atoms with van der Waals surface area (Å²) in [5.74, 6) is 0.295. The summed E-state index contributed by atoms with van der Waals surface area (Å²) >= 11 is 5.99. The van der Waals surface area contributed by atoms with Crippen LogP contribution in [0, 0.1) is 20.8 Å². The van der Waals surface area contributed by atoms with E-state index in [-0.39, 0.29) is 10.9 Å². The monoisotopic (exact) mass is 381 g/mol. The Morgan fingerprint density at radius 3 is 2.36 bits per heavy atom. The zero-order chi connectivity index (χ0) is 18.8. The van der Waals surface area contributed by atoms with Crippen molar-refractivity contribution in [3.63, 3.8) is 0 Å². The Bertz CT molecular complexity index is 878. The molecule has 2 aromatic rings. The van der Waals surface area contributed by atoms with Crippen LogP contribution < -0.4 is 9.46 Å². The first kappa shape index (κ1) is 19.8. The SMILES string of the molecule is CCOc1ccc(Cl)cc1S(=O)(=O)N[C@H](C)c1cc(C)c(C)cc1C. The maximum absolute atomic E-state index is 12.9. The van der Waals surface area contributed by atoms with Crippen LogP contribution in [0.3, 0.4) is 0 Å². The summed E-state index contributed by atoms with van der Waals surface area (Å²) in [6, 6.07) is 8.32. The number of hydrogen-bond donors (Lipinski definition) is 1. The van der Waals surface area contributed by atoms with E-state index in [0.717, 1.165) is 16.7 Å². The van der Waals surface area contributed by atoms with Crippen LogP contribution in [0.4, 0.5) is 0 Å². The number of sulfonamides is 1. The molecule has 136 valence electrons. The highest BCUT2D eigenvalue weighted by Crippen LogP contribution is 2.29. The van der Waals surface area contributed by atoms with E-state index >= 15 is 0 Å². The lowest BCUT2D eigenvalue weighted by Gasteiger charge is -2.19. The molecule has 0 unspecified atom stereocenters. The molecular formula is C19H24ClNO3S. The molecule has 0 fully saturated rings. The van der Waals surface area contributed by atoms with Crippen molar-refractivity contribution in [2.75, 3.05) is 6.61 Å². The molecule has 6 heteroatoms. The lowest BCUT2D eigenvalue weighted by atomic mass is 9.97. The first-order valence-electron chi connectivity index (χ1n) is 8.18. The third kappa shape index (κ3) is 4.54. The highest BCUT2D eigenvalue weighted by molar-refractivity contribution is 7.89. The number of benzene rings is 2. The van der Waals surface area contributed by atoms with Gasteiger partial charge >= 0.3 is 0 Å². The van der Waals surface area contributed by atoms with Gasteiger partial charge in [-0.1, -0.05) is 23.7 Å². The molecule has 0 aliphatic rings. The summed E-state index contributed by atoms with van der Waals surface area (Å²) in [5.41, 5.74) is 4.32. The van der Waals surface area contributed by atoms with Crippen molar-refractivity contribution in [3.05, 3.63) is 57.6 Å². The molecule has 25 heavy (non-hydrogen) atoms.